The highest BCUT2D eigenvalue weighted by atomic mass is 32.2. The van der Waals surface area contributed by atoms with E-state index in [0.717, 1.165) is 43.3 Å². The molecule has 2 heterocycles. The van der Waals surface area contributed by atoms with Gasteiger partial charge in [-0.25, -0.2) is 4.39 Å². The van der Waals surface area contributed by atoms with E-state index >= 15 is 0 Å². The molecule has 0 amide bonds. The van der Waals surface area contributed by atoms with Crippen LogP contribution in [0.25, 0.3) is 0 Å². The smallest absolute Gasteiger partial charge is 0.124 e. The molecule has 0 fully saturated rings. The Balaban J connectivity index is 1.83. The molecule has 1 aromatic heterocycles. The Bertz CT molecular complexity index is 453. The van der Waals surface area contributed by atoms with Gasteiger partial charge < -0.3 is 5.73 Å². The van der Waals surface area contributed by atoms with E-state index in [0.29, 0.717) is 6.54 Å². The maximum atomic E-state index is 13.7. The van der Waals surface area contributed by atoms with E-state index < -0.39 is 5.67 Å². The third kappa shape index (κ3) is 5.60. The van der Waals surface area contributed by atoms with Crippen molar-refractivity contribution in [2.45, 2.75) is 52.0 Å². The Morgan fingerprint density at radius 2 is 2.29 bits per heavy atom. The highest BCUT2D eigenvalue weighted by Gasteiger charge is 2.22. The second-order valence-corrected chi connectivity index (χ2v) is 7.75. The summed E-state index contributed by atoms with van der Waals surface area (Å²) in [5.41, 5.74) is 6.92. The van der Waals surface area contributed by atoms with Gasteiger partial charge in [0.2, 0.25) is 0 Å². The molecule has 2 N–H and O–H groups in total. The van der Waals surface area contributed by atoms with Crippen LogP contribution in [-0.2, 0) is 19.5 Å². The fraction of sp³-hybridized carbons (Fsp3) is 0.800. The number of hydrogen-bond donors (Lipinski definition) is 1. The van der Waals surface area contributed by atoms with Gasteiger partial charge in [0.1, 0.15) is 5.67 Å². The SMILES string of the molecule is C[C@H](N)CSCCN1CCc2cn(CC(C)(C)F)nc2C1. The lowest BCUT2D eigenvalue weighted by Crippen LogP contribution is -2.32. The van der Waals surface area contributed by atoms with E-state index in [2.05, 4.69) is 10.00 Å². The van der Waals surface area contributed by atoms with Crippen LogP contribution >= 0.6 is 11.8 Å². The molecule has 120 valence electrons. The lowest BCUT2D eigenvalue weighted by molar-refractivity contribution is 0.178. The summed E-state index contributed by atoms with van der Waals surface area (Å²) in [6, 6.07) is 0.266. The van der Waals surface area contributed by atoms with Crippen molar-refractivity contribution in [2.75, 3.05) is 24.6 Å². The van der Waals surface area contributed by atoms with Gasteiger partial charge in [-0.15, -0.1) is 0 Å². The molecule has 0 aliphatic carbocycles. The zero-order chi connectivity index (χ0) is 15.5. The molecule has 2 rings (SSSR count). The van der Waals surface area contributed by atoms with E-state index in [9.17, 15) is 4.39 Å². The third-order valence-corrected chi connectivity index (χ3v) is 4.70. The molecule has 21 heavy (non-hydrogen) atoms. The number of alkyl halides is 1. The highest BCUT2D eigenvalue weighted by molar-refractivity contribution is 7.99. The summed E-state index contributed by atoms with van der Waals surface area (Å²) in [7, 11) is 0. The quantitative estimate of drug-likeness (QED) is 0.783. The normalized spacial score (nSPS) is 17.8. The predicted molar refractivity (Wildman–Crippen MR) is 87.4 cm³/mol. The zero-order valence-electron chi connectivity index (χ0n) is 13.3. The van der Waals surface area contributed by atoms with E-state index in [-0.39, 0.29) is 6.04 Å². The summed E-state index contributed by atoms with van der Waals surface area (Å²) < 4.78 is 15.5. The van der Waals surface area contributed by atoms with Gasteiger partial charge in [-0.05, 0) is 32.8 Å². The number of fused-ring (bicyclic) bond motifs is 1. The predicted octanol–water partition coefficient (Wildman–Crippen LogP) is 2.07. The van der Waals surface area contributed by atoms with E-state index in [1.807, 2.05) is 24.9 Å². The minimum absolute atomic E-state index is 0.266. The minimum Gasteiger partial charge on any atom is -0.327 e. The van der Waals surface area contributed by atoms with E-state index in [1.165, 1.54) is 5.56 Å². The van der Waals surface area contributed by atoms with Gasteiger partial charge in [0, 0.05) is 43.4 Å². The summed E-state index contributed by atoms with van der Waals surface area (Å²) in [5, 5.41) is 4.55. The van der Waals surface area contributed by atoms with Gasteiger partial charge in [-0.3, -0.25) is 9.58 Å². The average molecular weight is 314 g/mol. The Morgan fingerprint density at radius 3 is 2.95 bits per heavy atom. The van der Waals surface area contributed by atoms with Crippen LogP contribution in [0.4, 0.5) is 4.39 Å². The summed E-state index contributed by atoms with van der Waals surface area (Å²) in [5.74, 6) is 2.12. The van der Waals surface area contributed by atoms with Crippen LogP contribution in [0.1, 0.15) is 32.0 Å². The number of thioether (sulfide) groups is 1. The van der Waals surface area contributed by atoms with Crippen molar-refractivity contribution in [2.24, 2.45) is 5.73 Å². The Hall–Kier alpha value is -0.590. The van der Waals surface area contributed by atoms with Crippen LogP contribution < -0.4 is 5.73 Å². The summed E-state index contributed by atoms with van der Waals surface area (Å²) in [6.07, 6.45) is 3.03. The largest absolute Gasteiger partial charge is 0.327 e. The fourth-order valence-corrected chi connectivity index (χ4v) is 3.46. The van der Waals surface area contributed by atoms with Crippen LogP contribution in [0.5, 0.6) is 0 Å². The zero-order valence-corrected chi connectivity index (χ0v) is 14.1. The lowest BCUT2D eigenvalue weighted by Gasteiger charge is -2.25. The van der Waals surface area contributed by atoms with Gasteiger partial charge in [-0.1, -0.05) is 0 Å². The standard InChI is InChI=1S/C15H27FN4S/c1-12(17)10-21-7-6-19-5-4-13-8-20(11-15(2,3)16)18-14(13)9-19/h8,12H,4-7,9-11,17H2,1-3H3/t12-/m0/s1. The molecule has 6 heteroatoms. The number of rotatable bonds is 7. The first-order chi connectivity index (χ1) is 9.83. The van der Waals surface area contributed by atoms with E-state index in [1.54, 1.807) is 18.5 Å². The minimum atomic E-state index is -1.22. The third-order valence-electron chi connectivity index (χ3n) is 3.47. The lowest BCUT2D eigenvalue weighted by atomic mass is 10.1. The molecule has 0 spiro atoms. The first-order valence-electron chi connectivity index (χ1n) is 7.63. The van der Waals surface area contributed by atoms with Crippen molar-refractivity contribution in [3.63, 3.8) is 0 Å². The van der Waals surface area contributed by atoms with E-state index in [4.69, 9.17) is 5.73 Å². The molecular weight excluding hydrogens is 287 g/mol. The monoisotopic (exact) mass is 314 g/mol. The van der Waals surface area contributed by atoms with Crippen LogP contribution in [0.3, 0.4) is 0 Å². The van der Waals surface area contributed by atoms with Gasteiger partial charge in [0.15, 0.2) is 0 Å². The molecule has 0 saturated heterocycles. The number of nitrogens with zero attached hydrogens (tertiary/aromatic N) is 3. The molecule has 0 radical (unpaired) electrons. The Labute approximate surface area is 131 Å². The molecule has 0 unspecified atom stereocenters. The first kappa shape index (κ1) is 16.8. The van der Waals surface area contributed by atoms with Crippen LogP contribution in [0.2, 0.25) is 0 Å². The molecule has 1 aliphatic heterocycles. The topological polar surface area (TPSA) is 47.1 Å². The molecule has 0 saturated carbocycles. The summed E-state index contributed by atoms with van der Waals surface area (Å²) >= 11 is 1.91. The van der Waals surface area contributed by atoms with Crippen LogP contribution in [-0.4, -0.2) is 51.0 Å². The van der Waals surface area contributed by atoms with Gasteiger partial charge in [0.25, 0.3) is 0 Å². The van der Waals surface area contributed by atoms with Crippen molar-refractivity contribution in [3.8, 4) is 0 Å². The molecule has 0 aromatic carbocycles. The number of hydrogen-bond acceptors (Lipinski definition) is 4. The van der Waals surface area contributed by atoms with Crippen molar-refractivity contribution in [1.82, 2.24) is 14.7 Å². The second kappa shape index (κ2) is 7.11. The molecule has 0 bridgehead atoms. The average Bonchev–Trinajstić information content (AvgIpc) is 2.73. The molecule has 1 atom stereocenters. The first-order valence-corrected chi connectivity index (χ1v) is 8.79. The molecular formula is C15H27FN4S. The maximum absolute atomic E-state index is 13.7. The fourth-order valence-electron chi connectivity index (χ4n) is 2.53. The van der Waals surface area contributed by atoms with Crippen molar-refractivity contribution in [3.05, 3.63) is 17.5 Å². The highest BCUT2D eigenvalue weighted by Crippen LogP contribution is 2.20. The second-order valence-electron chi connectivity index (χ2n) is 6.60. The molecule has 1 aromatic rings. The number of nitrogens with two attached hydrogens (primary N) is 1. The van der Waals surface area contributed by atoms with Crippen molar-refractivity contribution < 1.29 is 4.39 Å². The van der Waals surface area contributed by atoms with Crippen molar-refractivity contribution >= 4 is 11.8 Å². The Morgan fingerprint density at radius 1 is 1.52 bits per heavy atom. The van der Waals surface area contributed by atoms with Gasteiger partial charge in [-0.2, -0.15) is 16.9 Å². The maximum Gasteiger partial charge on any atom is 0.124 e. The molecule has 1 aliphatic rings. The number of halogens is 1. The Kier molecular flexibility index (Phi) is 5.68. The summed E-state index contributed by atoms with van der Waals surface area (Å²) in [6.45, 7) is 8.57. The van der Waals surface area contributed by atoms with Crippen LogP contribution in [0.15, 0.2) is 6.20 Å². The molecule has 4 nitrogen and oxygen atoms in total. The summed E-state index contributed by atoms with van der Waals surface area (Å²) in [4.78, 5) is 2.43. The van der Waals surface area contributed by atoms with Crippen LogP contribution in [0, 0.1) is 0 Å². The van der Waals surface area contributed by atoms with Gasteiger partial charge >= 0.3 is 0 Å². The van der Waals surface area contributed by atoms with Crippen molar-refractivity contribution in [1.29, 1.82) is 0 Å². The van der Waals surface area contributed by atoms with Gasteiger partial charge in [0.05, 0.1) is 12.2 Å². The number of aromatic nitrogens is 2.